The highest BCUT2D eigenvalue weighted by atomic mass is 35.5. The second-order valence-electron chi connectivity index (χ2n) is 8.01. The maximum absolute atomic E-state index is 13.3. The van der Waals surface area contributed by atoms with E-state index in [1.165, 1.54) is 14.0 Å². The number of nitrogens with zero attached hydrogens (tertiary/aromatic N) is 3. The van der Waals surface area contributed by atoms with Crippen LogP contribution in [0.3, 0.4) is 0 Å². The molecule has 3 rings (SSSR count). The van der Waals surface area contributed by atoms with Gasteiger partial charge in [0, 0.05) is 30.3 Å². The van der Waals surface area contributed by atoms with Crippen LogP contribution in [0.1, 0.15) is 37.5 Å². The highest BCUT2D eigenvalue weighted by molar-refractivity contribution is 6.34. The van der Waals surface area contributed by atoms with Crippen LogP contribution in [0.25, 0.3) is 0 Å². The molecule has 0 spiro atoms. The first-order valence-corrected chi connectivity index (χ1v) is 12.6. The molecule has 10 nitrogen and oxygen atoms in total. The van der Waals surface area contributed by atoms with Gasteiger partial charge in [-0.15, -0.1) is 0 Å². The van der Waals surface area contributed by atoms with Gasteiger partial charge in [0.15, 0.2) is 0 Å². The van der Waals surface area contributed by atoms with Crippen LogP contribution in [0.15, 0.2) is 24.3 Å². The molecular formula is C25H23Cl2F5N4O6. The molecule has 228 valence electrons. The molecular weight excluding hydrogens is 618 g/mol. The standard InChI is InChI=1S/C9H10ClFN2O2.C8H6ClF2NO2.C8H7F2NO2/c1-3-5-4-6(11)7(10)8(12-2)9(5)13(14)15;1-2-4-7(9)5(10)3-6(11)8(4)12(13)14;1-2-5-3-6(9)4-7(10)8(5)11(12)13/h4,12H,3H2,1-2H3;3H,2H2,1H3;3-4H,2H2,1H3. The SMILES string of the molecule is CCc1c(Cl)c(F)cc(F)c1[N+](=O)[O-].CCc1cc(F)c(Cl)c(NC)c1[N+](=O)[O-].CCc1cc(F)cc(F)c1[N+](=O)[O-]. The van der Waals surface area contributed by atoms with Crippen molar-refractivity contribution in [3.05, 3.63) is 110 Å². The maximum atomic E-state index is 13.3. The number of hydrogen-bond donors (Lipinski definition) is 1. The largest absolute Gasteiger partial charge is 0.381 e. The van der Waals surface area contributed by atoms with E-state index in [1.807, 2.05) is 0 Å². The summed E-state index contributed by atoms with van der Waals surface area (Å²) in [5.74, 6) is -4.74. The highest BCUT2D eigenvalue weighted by Gasteiger charge is 2.25. The number of rotatable bonds is 7. The van der Waals surface area contributed by atoms with E-state index in [2.05, 4.69) is 5.32 Å². The van der Waals surface area contributed by atoms with Gasteiger partial charge in [-0.2, -0.15) is 8.78 Å². The second-order valence-corrected chi connectivity index (χ2v) is 8.77. The zero-order valence-corrected chi connectivity index (χ0v) is 23.9. The normalized spacial score (nSPS) is 10.2. The van der Waals surface area contributed by atoms with Crippen molar-refractivity contribution in [3.8, 4) is 0 Å². The number of nitrogens with one attached hydrogen (secondary N) is 1. The monoisotopic (exact) mass is 640 g/mol. The fourth-order valence-electron chi connectivity index (χ4n) is 3.62. The van der Waals surface area contributed by atoms with Crippen molar-refractivity contribution in [2.24, 2.45) is 0 Å². The first-order valence-electron chi connectivity index (χ1n) is 11.8. The van der Waals surface area contributed by atoms with Crippen molar-refractivity contribution in [1.29, 1.82) is 0 Å². The van der Waals surface area contributed by atoms with Gasteiger partial charge in [0.2, 0.25) is 11.6 Å². The van der Waals surface area contributed by atoms with E-state index in [9.17, 15) is 52.3 Å². The third-order valence-electron chi connectivity index (χ3n) is 5.53. The summed E-state index contributed by atoms with van der Waals surface area (Å²) in [5.41, 5.74) is -1.24. The smallest absolute Gasteiger partial charge is 0.309 e. The fraction of sp³-hybridized carbons (Fsp3) is 0.280. The van der Waals surface area contributed by atoms with E-state index in [-0.39, 0.29) is 45.4 Å². The molecule has 0 bridgehead atoms. The van der Waals surface area contributed by atoms with Crippen LogP contribution in [0, 0.1) is 59.4 Å². The van der Waals surface area contributed by atoms with E-state index in [0.717, 1.165) is 12.1 Å². The van der Waals surface area contributed by atoms with E-state index in [0.29, 0.717) is 24.1 Å². The Morgan fingerprint density at radius 2 is 1.10 bits per heavy atom. The molecule has 0 amide bonds. The summed E-state index contributed by atoms with van der Waals surface area (Å²) >= 11 is 11.1. The average Bonchev–Trinajstić information content (AvgIpc) is 2.91. The van der Waals surface area contributed by atoms with Gasteiger partial charge >= 0.3 is 11.4 Å². The van der Waals surface area contributed by atoms with Gasteiger partial charge in [0.1, 0.15) is 28.2 Å². The summed E-state index contributed by atoms with van der Waals surface area (Å²) in [6.45, 7) is 4.85. The van der Waals surface area contributed by atoms with Crippen molar-refractivity contribution in [1.82, 2.24) is 0 Å². The third kappa shape index (κ3) is 8.45. The molecule has 0 unspecified atom stereocenters. The predicted molar refractivity (Wildman–Crippen MR) is 147 cm³/mol. The number of nitro groups is 3. The molecule has 42 heavy (non-hydrogen) atoms. The maximum Gasteiger partial charge on any atom is 0.309 e. The number of aryl methyl sites for hydroxylation is 2. The van der Waals surface area contributed by atoms with Gasteiger partial charge in [0.05, 0.1) is 25.4 Å². The van der Waals surface area contributed by atoms with Gasteiger partial charge in [-0.3, -0.25) is 30.3 Å². The Bertz CT molecular complexity index is 1510. The molecule has 0 heterocycles. The van der Waals surface area contributed by atoms with Crippen LogP contribution in [-0.2, 0) is 19.3 Å². The second kappa shape index (κ2) is 15.8. The summed E-state index contributed by atoms with van der Waals surface area (Å²) in [4.78, 5) is 29.3. The molecule has 0 radical (unpaired) electrons. The minimum atomic E-state index is -1.20. The Morgan fingerprint density at radius 3 is 1.52 bits per heavy atom. The summed E-state index contributed by atoms with van der Waals surface area (Å²) in [5, 5.41) is 33.5. The van der Waals surface area contributed by atoms with Gasteiger partial charge in [-0.25, -0.2) is 13.2 Å². The summed E-state index contributed by atoms with van der Waals surface area (Å²) in [6, 6.07) is 3.00. The lowest BCUT2D eigenvalue weighted by molar-refractivity contribution is -0.388. The summed E-state index contributed by atoms with van der Waals surface area (Å²) in [6.07, 6.45) is 0.702. The van der Waals surface area contributed by atoms with Gasteiger partial charge in [0.25, 0.3) is 5.69 Å². The fourth-order valence-corrected chi connectivity index (χ4v) is 4.14. The molecule has 0 aliphatic heterocycles. The lowest BCUT2D eigenvalue weighted by atomic mass is 10.1. The Hall–Kier alpha value is -4.11. The van der Waals surface area contributed by atoms with Crippen LogP contribution in [0.5, 0.6) is 0 Å². The molecule has 3 aromatic rings. The van der Waals surface area contributed by atoms with Gasteiger partial charge in [-0.1, -0.05) is 44.0 Å². The highest BCUT2D eigenvalue weighted by Crippen LogP contribution is 2.37. The molecule has 0 aliphatic carbocycles. The molecule has 17 heteroatoms. The minimum Gasteiger partial charge on any atom is -0.381 e. The Morgan fingerprint density at radius 1 is 0.643 bits per heavy atom. The quantitative estimate of drug-likeness (QED) is 0.118. The van der Waals surface area contributed by atoms with Crippen LogP contribution in [-0.4, -0.2) is 21.8 Å². The first kappa shape index (κ1) is 35.9. The molecule has 0 saturated carbocycles. The number of nitro benzene ring substituents is 3. The van der Waals surface area contributed by atoms with Crippen LogP contribution in [0.2, 0.25) is 10.0 Å². The lowest BCUT2D eigenvalue weighted by Gasteiger charge is -2.08. The molecule has 0 fully saturated rings. The van der Waals surface area contributed by atoms with E-state index in [1.54, 1.807) is 13.8 Å². The van der Waals surface area contributed by atoms with E-state index < -0.39 is 55.2 Å². The zero-order chi connectivity index (χ0) is 32.5. The van der Waals surface area contributed by atoms with Crippen LogP contribution >= 0.6 is 23.2 Å². The first-order chi connectivity index (χ1) is 19.6. The zero-order valence-electron chi connectivity index (χ0n) is 22.4. The van der Waals surface area contributed by atoms with Crippen LogP contribution in [0.4, 0.5) is 44.7 Å². The summed E-state index contributed by atoms with van der Waals surface area (Å²) < 4.78 is 64.6. The predicted octanol–water partition coefficient (Wildman–Crippen LogP) is 8.52. The molecule has 0 aromatic heterocycles. The Kier molecular flexibility index (Phi) is 13.5. The molecule has 0 atom stereocenters. The van der Waals surface area contributed by atoms with Crippen molar-refractivity contribution >= 4 is 46.0 Å². The lowest BCUT2D eigenvalue weighted by Crippen LogP contribution is -2.03. The van der Waals surface area contributed by atoms with Crippen molar-refractivity contribution in [2.45, 2.75) is 40.0 Å². The average molecular weight is 641 g/mol. The van der Waals surface area contributed by atoms with Crippen molar-refractivity contribution in [3.63, 3.8) is 0 Å². The van der Waals surface area contributed by atoms with Gasteiger partial charge < -0.3 is 5.32 Å². The Labute approximate surface area is 245 Å². The molecule has 0 saturated heterocycles. The number of benzene rings is 3. The van der Waals surface area contributed by atoms with Crippen molar-refractivity contribution in [2.75, 3.05) is 12.4 Å². The molecule has 1 N–H and O–H groups in total. The van der Waals surface area contributed by atoms with Crippen LogP contribution < -0.4 is 5.32 Å². The number of halogens is 7. The van der Waals surface area contributed by atoms with Crippen molar-refractivity contribution < 1.29 is 36.7 Å². The number of anilines is 1. The summed E-state index contributed by atoms with van der Waals surface area (Å²) in [7, 11) is 1.47. The molecule has 0 aliphatic rings. The van der Waals surface area contributed by atoms with E-state index >= 15 is 0 Å². The molecule has 3 aromatic carbocycles. The minimum absolute atomic E-state index is 0.0264. The third-order valence-corrected chi connectivity index (χ3v) is 6.31. The Balaban J connectivity index is 0.000000316. The topological polar surface area (TPSA) is 141 Å². The van der Waals surface area contributed by atoms with E-state index in [4.69, 9.17) is 23.2 Å². The number of hydrogen-bond acceptors (Lipinski definition) is 7. The van der Waals surface area contributed by atoms with Gasteiger partial charge in [-0.05, 0) is 31.4 Å².